The fourth-order valence-electron chi connectivity index (χ4n) is 1.93. The average molecular weight is 364 g/mol. The van der Waals surface area contributed by atoms with Crippen molar-refractivity contribution in [3.05, 3.63) is 47.2 Å². The van der Waals surface area contributed by atoms with Crippen LogP contribution in [-0.4, -0.2) is 21.4 Å². The molecule has 2 heterocycles. The maximum absolute atomic E-state index is 12.3. The van der Waals surface area contributed by atoms with Crippen molar-refractivity contribution in [1.29, 1.82) is 0 Å². The minimum Gasteiger partial charge on any atom is -0.459 e. The summed E-state index contributed by atoms with van der Waals surface area (Å²) in [4.78, 5) is 12.3. The molecule has 3 rings (SSSR count). The molecule has 0 aliphatic heterocycles. The molecule has 3 aromatic rings. The SMILES string of the molecule is Cc1ccc(Cl)cc1NC(=O)[C@H](C)Sc1nnc(-c2ccco2)o1. The Morgan fingerprint density at radius 1 is 1.33 bits per heavy atom. The third-order valence-electron chi connectivity index (χ3n) is 3.24. The Morgan fingerprint density at radius 2 is 2.17 bits per heavy atom. The van der Waals surface area contributed by atoms with Crippen LogP contribution in [0, 0.1) is 6.92 Å². The minimum atomic E-state index is -0.423. The van der Waals surface area contributed by atoms with Crippen LogP contribution in [0.4, 0.5) is 5.69 Å². The number of nitrogens with zero attached hydrogens (tertiary/aromatic N) is 2. The zero-order valence-corrected chi connectivity index (χ0v) is 14.5. The second kappa shape index (κ2) is 7.11. The van der Waals surface area contributed by atoms with E-state index in [2.05, 4.69) is 15.5 Å². The van der Waals surface area contributed by atoms with E-state index in [-0.39, 0.29) is 11.8 Å². The van der Waals surface area contributed by atoms with Gasteiger partial charge < -0.3 is 14.2 Å². The van der Waals surface area contributed by atoms with E-state index in [1.54, 1.807) is 31.2 Å². The van der Waals surface area contributed by atoms with Gasteiger partial charge in [-0.3, -0.25) is 4.79 Å². The Labute approximate surface area is 147 Å². The first-order chi connectivity index (χ1) is 11.5. The number of furan rings is 1. The number of anilines is 1. The molecule has 1 atom stereocenters. The minimum absolute atomic E-state index is 0.178. The highest BCUT2D eigenvalue weighted by molar-refractivity contribution is 8.00. The quantitative estimate of drug-likeness (QED) is 0.676. The Morgan fingerprint density at radius 3 is 2.92 bits per heavy atom. The van der Waals surface area contributed by atoms with E-state index in [1.807, 2.05) is 13.0 Å². The molecular weight excluding hydrogens is 350 g/mol. The van der Waals surface area contributed by atoms with E-state index in [1.165, 1.54) is 18.0 Å². The molecule has 24 heavy (non-hydrogen) atoms. The summed E-state index contributed by atoms with van der Waals surface area (Å²) >= 11 is 7.13. The topological polar surface area (TPSA) is 81.2 Å². The Balaban J connectivity index is 1.65. The molecule has 124 valence electrons. The number of halogens is 1. The van der Waals surface area contributed by atoms with Crippen LogP contribution in [-0.2, 0) is 4.79 Å². The van der Waals surface area contributed by atoms with Crippen molar-refractivity contribution < 1.29 is 13.6 Å². The summed E-state index contributed by atoms with van der Waals surface area (Å²) in [6.45, 7) is 3.66. The third kappa shape index (κ3) is 3.80. The van der Waals surface area contributed by atoms with Crippen LogP contribution in [0.15, 0.2) is 50.7 Å². The van der Waals surface area contributed by atoms with Crippen molar-refractivity contribution in [2.24, 2.45) is 0 Å². The van der Waals surface area contributed by atoms with Gasteiger partial charge in [0.15, 0.2) is 5.76 Å². The molecule has 0 aliphatic carbocycles. The van der Waals surface area contributed by atoms with E-state index >= 15 is 0 Å². The summed E-state index contributed by atoms with van der Waals surface area (Å²) in [7, 11) is 0. The highest BCUT2D eigenvalue weighted by atomic mass is 35.5. The second-order valence-electron chi connectivity index (χ2n) is 5.06. The summed E-state index contributed by atoms with van der Waals surface area (Å²) in [6, 6.07) is 8.80. The number of hydrogen-bond acceptors (Lipinski definition) is 6. The fourth-order valence-corrected chi connectivity index (χ4v) is 2.78. The average Bonchev–Trinajstić information content (AvgIpc) is 3.21. The fraction of sp³-hybridized carbons (Fsp3) is 0.188. The number of carbonyl (C=O) groups is 1. The van der Waals surface area contributed by atoms with Gasteiger partial charge in [-0.25, -0.2) is 0 Å². The van der Waals surface area contributed by atoms with Gasteiger partial charge in [0.05, 0.1) is 11.5 Å². The van der Waals surface area contributed by atoms with Gasteiger partial charge in [0.25, 0.3) is 11.1 Å². The molecule has 0 saturated carbocycles. The Kier molecular flexibility index (Phi) is 4.92. The molecule has 0 aliphatic rings. The monoisotopic (exact) mass is 363 g/mol. The van der Waals surface area contributed by atoms with Crippen molar-refractivity contribution in [2.75, 3.05) is 5.32 Å². The standard InChI is InChI=1S/C16H14ClN3O3S/c1-9-5-6-11(17)8-12(9)18-14(21)10(2)24-16-20-19-15(23-16)13-4-3-7-22-13/h3-8,10H,1-2H3,(H,18,21)/t10-/m0/s1. The molecule has 0 unspecified atom stereocenters. The molecule has 2 aromatic heterocycles. The summed E-state index contributed by atoms with van der Waals surface area (Å²) in [5.41, 5.74) is 1.62. The second-order valence-corrected chi connectivity index (χ2v) is 6.79. The molecule has 6 nitrogen and oxygen atoms in total. The first kappa shape index (κ1) is 16.6. The van der Waals surface area contributed by atoms with Crippen LogP contribution in [0.5, 0.6) is 0 Å². The number of aromatic nitrogens is 2. The third-order valence-corrected chi connectivity index (χ3v) is 4.41. The number of benzene rings is 1. The lowest BCUT2D eigenvalue weighted by molar-refractivity contribution is -0.115. The molecule has 0 fully saturated rings. The number of carbonyl (C=O) groups excluding carboxylic acids is 1. The van der Waals surface area contributed by atoms with Crippen molar-refractivity contribution in [3.8, 4) is 11.7 Å². The van der Waals surface area contributed by atoms with Gasteiger partial charge in [-0.1, -0.05) is 29.4 Å². The molecule has 0 radical (unpaired) electrons. The van der Waals surface area contributed by atoms with Crippen molar-refractivity contribution in [3.63, 3.8) is 0 Å². The highest BCUT2D eigenvalue weighted by Gasteiger charge is 2.20. The molecule has 0 bridgehead atoms. The van der Waals surface area contributed by atoms with Gasteiger partial charge in [0, 0.05) is 10.7 Å². The first-order valence-electron chi connectivity index (χ1n) is 7.14. The Bertz CT molecular complexity index is 848. The molecule has 1 N–H and O–H groups in total. The van der Waals surface area contributed by atoms with Crippen LogP contribution in [0.25, 0.3) is 11.7 Å². The lowest BCUT2D eigenvalue weighted by Gasteiger charge is -2.12. The van der Waals surface area contributed by atoms with Gasteiger partial charge in [-0.05, 0) is 43.7 Å². The van der Waals surface area contributed by atoms with Gasteiger partial charge in [0.2, 0.25) is 5.91 Å². The van der Waals surface area contributed by atoms with E-state index in [9.17, 15) is 4.79 Å². The van der Waals surface area contributed by atoms with Crippen LogP contribution in [0.1, 0.15) is 12.5 Å². The number of amides is 1. The van der Waals surface area contributed by atoms with Crippen molar-refractivity contribution in [1.82, 2.24) is 10.2 Å². The maximum Gasteiger partial charge on any atom is 0.284 e. The smallest absolute Gasteiger partial charge is 0.284 e. The number of aryl methyl sites for hydroxylation is 1. The molecule has 1 aromatic carbocycles. The zero-order chi connectivity index (χ0) is 17.1. The van der Waals surface area contributed by atoms with Crippen LogP contribution in [0.3, 0.4) is 0 Å². The molecular formula is C16H14ClN3O3S. The number of rotatable bonds is 5. The number of nitrogens with one attached hydrogen (secondary N) is 1. The van der Waals surface area contributed by atoms with Crippen LogP contribution >= 0.6 is 23.4 Å². The number of hydrogen-bond donors (Lipinski definition) is 1. The van der Waals surface area contributed by atoms with E-state index in [4.69, 9.17) is 20.4 Å². The van der Waals surface area contributed by atoms with Gasteiger partial charge >= 0.3 is 0 Å². The Hall–Kier alpha value is -2.25. The number of thioether (sulfide) groups is 1. The molecule has 0 spiro atoms. The van der Waals surface area contributed by atoms with Crippen molar-refractivity contribution >= 4 is 35.0 Å². The predicted molar refractivity (Wildman–Crippen MR) is 92.1 cm³/mol. The first-order valence-corrected chi connectivity index (χ1v) is 8.40. The normalized spacial score (nSPS) is 12.1. The largest absolute Gasteiger partial charge is 0.459 e. The highest BCUT2D eigenvalue weighted by Crippen LogP contribution is 2.27. The lowest BCUT2D eigenvalue weighted by atomic mass is 10.2. The zero-order valence-electron chi connectivity index (χ0n) is 12.9. The van der Waals surface area contributed by atoms with E-state index < -0.39 is 5.25 Å². The molecule has 1 amide bonds. The summed E-state index contributed by atoms with van der Waals surface area (Å²) in [6.07, 6.45) is 1.52. The summed E-state index contributed by atoms with van der Waals surface area (Å²) in [5.74, 6) is 0.588. The molecule has 8 heteroatoms. The van der Waals surface area contributed by atoms with Crippen molar-refractivity contribution in [2.45, 2.75) is 24.3 Å². The maximum atomic E-state index is 12.3. The van der Waals surface area contributed by atoms with Gasteiger partial charge in [-0.15, -0.1) is 10.2 Å². The summed E-state index contributed by atoms with van der Waals surface area (Å²) in [5, 5.41) is 11.1. The van der Waals surface area contributed by atoms with E-state index in [0.29, 0.717) is 21.7 Å². The van der Waals surface area contributed by atoms with Gasteiger partial charge in [0.1, 0.15) is 0 Å². The summed E-state index contributed by atoms with van der Waals surface area (Å²) < 4.78 is 10.7. The van der Waals surface area contributed by atoms with Gasteiger partial charge in [-0.2, -0.15) is 0 Å². The lowest BCUT2D eigenvalue weighted by Crippen LogP contribution is -2.22. The van der Waals surface area contributed by atoms with E-state index in [0.717, 1.165) is 5.56 Å². The molecule has 0 saturated heterocycles. The van der Waals surface area contributed by atoms with Crippen LogP contribution < -0.4 is 5.32 Å². The van der Waals surface area contributed by atoms with Crippen LogP contribution in [0.2, 0.25) is 5.02 Å². The predicted octanol–water partition coefficient (Wildman–Crippen LogP) is 4.41.